The number of hydrogen-bond acceptors (Lipinski definition) is 1. The van der Waals surface area contributed by atoms with Crippen molar-refractivity contribution in [3.05, 3.63) is 34.9 Å². The average molecular weight is 338 g/mol. The molecule has 1 aromatic rings. The van der Waals surface area contributed by atoms with Crippen LogP contribution in [0.5, 0.6) is 0 Å². The van der Waals surface area contributed by atoms with Crippen LogP contribution in [-0.4, -0.2) is 10.7 Å². The van der Waals surface area contributed by atoms with E-state index in [4.69, 9.17) is 0 Å². The van der Waals surface area contributed by atoms with E-state index in [9.17, 15) is 4.79 Å². The lowest BCUT2D eigenvalue weighted by molar-refractivity contribution is -0.121. The van der Waals surface area contributed by atoms with E-state index in [-0.39, 0.29) is 16.8 Å². The number of carbonyl (C=O) groups is 1. The molecule has 0 radical (unpaired) electrons. The monoisotopic (exact) mass is 337 g/mol. The fraction of sp³-hybridized carbons (Fsp3) is 0.588. The van der Waals surface area contributed by atoms with Gasteiger partial charge >= 0.3 is 0 Å². The lowest BCUT2D eigenvalue weighted by atomic mass is 9.89. The first-order valence-corrected chi connectivity index (χ1v) is 8.46. The number of rotatable bonds is 4. The number of halogens is 1. The lowest BCUT2D eigenvalue weighted by Crippen LogP contribution is -2.35. The zero-order valence-electron chi connectivity index (χ0n) is 12.6. The van der Waals surface area contributed by atoms with E-state index in [0.717, 1.165) is 0 Å². The van der Waals surface area contributed by atoms with Gasteiger partial charge in [0.25, 0.3) is 0 Å². The third-order valence-electron chi connectivity index (χ3n) is 4.07. The van der Waals surface area contributed by atoms with Gasteiger partial charge in [0, 0.05) is 0 Å². The summed E-state index contributed by atoms with van der Waals surface area (Å²) >= 11 is 3.46. The van der Waals surface area contributed by atoms with Crippen molar-refractivity contribution in [2.75, 3.05) is 0 Å². The Kier molecular flexibility index (Phi) is 5.25. The molecule has 2 unspecified atom stereocenters. The molecule has 0 saturated heterocycles. The summed E-state index contributed by atoms with van der Waals surface area (Å²) in [5.41, 5.74) is 4.16. The molecular weight excluding hydrogens is 314 g/mol. The van der Waals surface area contributed by atoms with E-state index in [0.29, 0.717) is 5.92 Å². The van der Waals surface area contributed by atoms with Crippen LogP contribution in [0.25, 0.3) is 0 Å². The van der Waals surface area contributed by atoms with E-state index in [1.54, 1.807) is 0 Å². The quantitative estimate of drug-likeness (QED) is 0.821. The molecule has 3 heteroatoms. The van der Waals surface area contributed by atoms with Gasteiger partial charge < -0.3 is 5.32 Å². The fourth-order valence-corrected chi connectivity index (χ4v) is 2.83. The predicted molar refractivity (Wildman–Crippen MR) is 87.2 cm³/mol. The molecule has 0 spiro atoms. The summed E-state index contributed by atoms with van der Waals surface area (Å²) in [6.07, 6.45) is 4.97. The third kappa shape index (κ3) is 3.63. The molecular formula is C17H24BrNO. The maximum Gasteiger partial charge on any atom is 0.234 e. The minimum absolute atomic E-state index is 0.0635. The molecule has 1 N–H and O–H groups in total. The van der Waals surface area contributed by atoms with Crippen LogP contribution in [0.2, 0.25) is 0 Å². The molecule has 1 aliphatic carbocycles. The van der Waals surface area contributed by atoms with Crippen molar-refractivity contribution in [1.29, 1.82) is 0 Å². The summed E-state index contributed by atoms with van der Waals surface area (Å²) in [5, 5.41) is 3.10. The van der Waals surface area contributed by atoms with Gasteiger partial charge in [-0.2, -0.15) is 0 Å². The number of fused-ring (bicyclic) bond motifs is 1. The Hall–Kier alpha value is -0.830. The van der Waals surface area contributed by atoms with Crippen LogP contribution in [0.1, 0.15) is 56.3 Å². The van der Waals surface area contributed by atoms with Gasteiger partial charge in [0.1, 0.15) is 0 Å². The Labute approximate surface area is 130 Å². The molecule has 2 rings (SSSR count). The second kappa shape index (κ2) is 6.75. The van der Waals surface area contributed by atoms with Gasteiger partial charge in [-0.05, 0) is 55.2 Å². The van der Waals surface area contributed by atoms with Crippen LogP contribution in [0.3, 0.4) is 0 Å². The topological polar surface area (TPSA) is 29.1 Å². The number of alkyl halides is 1. The lowest BCUT2D eigenvalue weighted by Gasteiger charge is -2.22. The van der Waals surface area contributed by atoms with E-state index < -0.39 is 0 Å². The van der Waals surface area contributed by atoms with Crippen molar-refractivity contribution in [3.63, 3.8) is 0 Å². The Morgan fingerprint density at radius 3 is 2.45 bits per heavy atom. The number of aryl methyl sites for hydroxylation is 2. The van der Waals surface area contributed by atoms with Gasteiger partial charge in [0.05, 0.1) is 10.9 Å². The van der Waals surface area contributed by atoms with Crippen LogP contribution >= 0.6 is 15.9 Å². The molecule has 110 valence electrons. The number of carbonyl (C=O) groups excluding carboxylic acids is 1. The first-order valence-electron chi connectivity index (χ1n) is 7.55. The van der Waals surface area contributed by atoms with Crippen molar-refractivity contribution >= 4 is 21.8 Å². The molecule has 1 aromatic carbocycles. The SMILES string of the molecule is CC(NC(=O)C(Br)C(C)C)c1ccc2c(c1)CCCC2. The summed E-state index contributed by atoms with van der Waals surface area (Å²) in [6.45, 7) is 6.15. The first kappa shape index (κ1) is 15.6. The normalized spacial score (nSPS) is 17.4. The van der Waals surface area contributed by atoms with Gasteiger partial charge in [0.2, 0.25) is 5.91 Å². The van der Waals surface area contributed by atoms with E-state index in [2.05, 4.69) is 46.4 Å². The summed E-state index contributed by atoms with van der Waals surface area (Å²) in [6, 6.07) is 6.74. The molecule has 2 atom stereocenters. The van der Waals surface area contributed by atoms with Crippen LogP contribution in [0.4, 0.5) is 0 Å². The third-order valence-corrected chi connectivity index (χ3v) is 5.54. The van der Waals surface area contributed by atoms with Crippen molar-refractivity contribution in [1.82, 2.24) is 5.32 Å². The van der Waals surface area contributed by atoms with E-state index in [1.807, 2.05) is 13.8 Å². The minimum atomic E-state index is -0.123. The smallest absolute Gasteiger partial charge is 0.234 e. The number of benzene rings is 1. The number of nitrogens with one attached hydrogen (secondary N) is 1. The zero-order chi connectivity index (χ0) is 14.7. The van der Waals surface area contributed by atoms with Crippen molar-refractivity contribution in [3.8, 4) is 0 Å². The van der Waals surface area contributed by atoms with Gasteiger partial charge in [0.15, 0.2) is 0 Å². The Bertz CT molecular complexity index is 484. The summed E-state index contributed by atoms with van der Waals surface area (Å²) in [5.74, 6) is 0.371. The summed E-state index contributed by atoms with van der Waals surface area (Å²) < 4.78 is 0. The summed E-state index contributed by atoms with van der Waals surface area (Å²) in [7, 11) is 0. The molecule has 2 nitrogen and oxygen atoms in total. The van der Waals surface area contributed by atoms with Crippen LogP contribution in [0.15, 0.2) is 18.2 Å². The van der Waals surface area contributed by atoms with Crippen molar-refractivity contribution in [2.45, 2.75) is 57.3 Å². The Balaban J connectivity index is 2.06. The van der Waals surface area contributed by atoms with Gasteiger partial charge in [-0.25, -0.2) is 0 Å². The highest BCUT2D eigenvalue weighted by atomic mass is 79.9. The average Bonchev–Trinajstić information content (AvgIpc) is 2.45. The van der Waals surface area contributed by atoms with E-state index in [1.165, 1.54) is 42.4 Å². The fourth-order valence-electron chi connectivity index (χ4n) is 2.70. The van der Waals surface area contributed by atoms with Crippen LogP contribution in [-0.2, 0) is 17.6 Å². The summed E-state index contributed by atoms with van der Waals surface area (Å²) in [4.78, 5) is 12.0. The number of hydrogen-bond donors (Lipinski definition) is 1. The number of amides is 1. The maximum absolute atomic E-state index is 12.1. The van der Waals surface area contributed by atoms with Crippen molar-refractivity contribution in [2.24, 2.45) is 5.92 Å². The zero-order valence-corrected chi connectivity index (χ0v) is 14.2. The molecule has 0 aliphatic heterocycles. The van der Waals surface area contributed by atoms with Gasteiger partial charge in [-0.3, -0.25) is 4.79 Å². The first-order chi connectivity index (χ1) is 9.49. The Morgan fingerprint density at radius 2 is 1.80 bits per heavy atom. The van der Waals surface area contributed by atoms with E-state index >= 15 is 0 Å². The Morgan fingerprint density at radius 1 is 1.15 bits per heavy atom. The highest BCUT2D eigenvalue weighted by Crippen LogP contribution is 2.25. The predicted octanol–water partition coefficient (Wildman–Crippen LogP) is 4.16. The van der Waals surface area contributed by atoms with Crippen molar-refractivity contribution < 1.29 is 4.79 Å². The standard InChI is InChI=1S/C17H24BrNO/c1-11(2)16(18)17(20)19-12(3)14-9-8-13-6-4-5-7-15(13)10-14/h8-12,16H,4-7H2,1-3H3,(H,19,20). The highest BCUT2D eigenvalue weighted by molar-refractivity contribution is 9.10. The van der Waals surface area contributed by atoms with Gasteiger partial charge in [-0.15, -0.1) is 0 Å². The largest absolute Gasteiger partial charge is 0.349 e. The molecule has 0 fully saturated rings. The second-order valence-electron chi connectivity index (χ2n) is 6.11. The van der Waals surface area contributed by atoms with Gasteiger partial charge in [-0.1, -0.05) is 48.0 Å². The second-order valence-corrected chi connectivity index (χ2v) is 7.10. The minimum Gasteiger partial charge on any atom is -0.349 e. The molecule has 0 saturated carbocycles. The van der Waals surface area contributed by atoms with Crippen LogP contribution < -0.4 is 5.32 Å². The molecule has 0 bridgehead atoms. The molecule has 0 heterocycles. The maximum atomic E-state index is 12.1. The van der Waals surface area contributed by atoms with Crippen LogP contribution in [0, 0.1) is 5.92 Å². The molecule has 0 aromatic heterocycles. The molecule has 20 heavy (non-hydrogen) atoms. The highest BCUT2D eigenvalue weighted by Gasteiger charge is 2.21. The molecule has 1 aliphatic rings. The molecule has 1 amide bonds.